The van der Waals surface area contributed by atoms with Crippen molar-refractivity contribution >= 4 is 29.9 Å². The summed E-state index contributed by atoms with van der Waals surface area (Å²) in [5.74, 6) is 2.83. The molecular formula is C13H26IN3. The van der Waals surface area contributed by atoms with Gasteiger partial charge in [0.1, 0.15) is 0 Å². The molecule has 0 bridgehead atoms. The predicted octanol–water partition coefficient (Wildman–Crippen LogP) is 2.71. The summed E-state index contributed by atoms with van der Waals surface area (Å²) in [5, 5.41) is 3.53. The number of hydrogen-bond acceptors (Lipinski definition) is 1. The van der Waals surface area contributed by atoms with E-state index in [1.165, 1.54) is 38.8 Å². The van der Waals surface area contributed by atoms with E-state index in [9.17, 15) is 0 Å². The molecule has 100 valence electrons. The van der Waals surface area contributed by atoms with Crippen LogP contribution in [0.2, 0.25) is 0 Å². The van der Waals surface area contributed by atoms with Crippen LogP contribution in [-0.2, 0) is 0 Å². The Labute approximate surface area is 122 Å². The molecule has 1 saturated carbocycles. The van der Waals surface area contributed by atoms with Crippen LogP contribution in [0.3, 0.4) is 0 Å². The molecule has 1 aliphatic heterocycles. The van der Waals surface area contributed by atoms with Crippen LogP contribution < -0.4 is 5.32 Å². The topological polar surface area (TPSA) is 27.6 Å². The molecule has 1 heterocycles. The molecule has 2 rings (SSSR count). The van der Waals surface area contributed by atoms with Crippen molar-refractivity contribution < 1.29 is 0 Å². The third kappa shape index (κ3) is 4.64. The Morgan fingerprint density at radius 2 is 2.06 bits per heavy atom. The molecular weight excluding hydrogens is 325 g/mol. The van der Waals surface area contributed by atoms with Gasteiger partial charge in [-0.05, 0) is 37.5 Å². The summed E-state index contributed by atoms with van der Waals surface area (Å²) in [6.45, 7) is 7.02. The standard InChI is InChI=1S/C13H25N3.HI/c1-10(2)8-11-6-7-16(9-11)13(14-3)15-12-4-5-12;/h10-12H,4-9H2,1-3H3,(H,14,15);1H. The van der Waals surface area contributed by atoms with Crippen LogP contribution in [0.4, 0.5) is 0 Å². The maximum absolute atomic E-state index is 4.40. The van der Waals surface area contributed by atoms with E-state index < -0.39 is 0 Å². The average Bonchev–Trinajstić information content (AvgIpc) is 2.94. The van der Waals surface area contributed by atoms with E-state index in [0.29, 0.717) is 6.04 Å². The van der Waals surface area contributed by atoms with Gasteiger partial charge in [-0.15, -0.1) is 24.0 Å². The first-order valence-electron chi connectivity index (χ1n) is 6.67. The fourth-order valence-electron chi connectivity index (χ4n) is 2.59. The SMILES string of the molecule is CN=C(NC1CC1)N1CCC(CC(C)C)C1.I. The lowest BCUT2D eigenvalue weighted by Gasteiger charge is -2.22. The third-order valence-corrected chi connectivity index (χ3v) is 3.51. The van der Waals surface area contributed by atoms with Crippen molar-refractivity contribution in [2.24, 2.45) is 16.8 Å². The number of aliphatic imine (C=N–C) groups is 1. The summed E-state index contributed by atoms with van der Waals surface area (Å²) in [7, 11) is 1.90. The average molecular weight is 351 g/mol. The number of hydrogen-bond donors (Lipinski definition) is 1. The lowest BCUT2D eigenvalue weighted by Crippen LogP contribution is -2.41. The molecule has 1 saturated heterocycles. The van der Waals surface area contributed by atoms with Crippen LogP contribution >= 0.6 is 24.0 Å². The van der Waals surface area contributed by atoms with E-state index in [-0.39, 0.29) is 24.0 Å². The fraction of sp³-hybridized carbons (Fsp3) is 0.923. The van der Waals surface area contributed by atoms with Crippen molar-refractivity contribution in [1.82, 2.24) is 10.2 Å². The second kappa shape index (κ2) is 6.81. The third-order valence-electron chi connectivity index (χ3n) is 3.51. The Morgan fingerprint density at radius 3 is 2.59 bits per heavy atom. The van der Waals surface area contributed by atoms with Gasteiger partial charge in [-0.1, -0.05) is 13.8 Å². The van der Waals surface area contributed by atoms with Gasteiger partial charge in [0.2, 0.25) is 0 Å². The van der Waals surface area contributed by atoms with Gasteiger partial charge in [-0.25, -0.2) is 0 Å². The van der Waals surface area contributed by atoms with Gasteiger partial charge in [0.05, 0.1) is 0 Å². The largest absolute Gasteiger partial charge is 0.354 e. The van der Waals surface area contributed by atoms with Gasteiger partial charge in [-0.2, -0.15) is 0 Å². The molecule has 1 aliphatic carbocycles. The number of nitrogens with one attached hydrogen (secondary N) is 1. The molecule has 2 fully saturated rings. The molecule has 0 spiro atoms. The van der Waals surface area contributed by atoms with Crippen molar-refractivity contribution in [3.63, 3.8) is 0 Å². The van der Waals surface area contributed by atoms with Crippen molar-refractivity contribution in [1.29, 1.82) is 0 Å². The van der Waals surface area contributed by atoms with Gasteiger partial charge in [-0.3, -0.25) is 4.99 Å². The fourth-order valence-corrected chi connectivity index (χ4v) is 2.59. The van der Waals surface area contributed by atoms with Gasteiger partial charge >= 0.3 is 0 Å². The maximum atomic E-state index is 4.40. The normalized spacial score (nSPS) is 25.1. The maximum Gasteiger partial charge on any atom is 0.193 e. The summed E-state index contributed by atoms with van der Waals surface area (Å²) in [6, 6.07) is 0.711. The molecule has 1 unspecified atom stereocenters. The second-order valence-corrected chi connectivity index (χ2v) is 5.70. The molecule has 2 aliphatic rings. The molecule has 0 aromatic rings. The molecule has 0 aromatic carbocycles. The lowest BCUT2D eigenvalue weighted by atomic mass is 9.97. The van der Waals surface area contributed by atoms with Crippen molar-refractivity contribution in [3.8, 4) is 0 Å². The first kappa shape index (κ1) is 15.1. The van der Waals surface area contributed by atoms with Crippen molar-refractivity contribution in [2.45, 2.75) is 45.6 Å². The first-order valence-corrected chi connectivity index (χ1v) is 6.67. The zero-order chi connectivity index (χ0) is 11.5. The molecule has 0 aromatic heterocycles. The highest BCUT2D eigenvalue weighted by Crippen LogP contribution is 2.24. The van der Waals surface area contributed by atoms with E-state index in [2.05, 4.69) is 29.1 Å². The van der Waals surface area contributed by atoms with Crippen molar-refractivity contribution in [2.75, 3.05) is 20.1 Å². The zero-order valence-electron chi connectivity index (χ0n) is 11.3. The van der Waals surface area contributed by atoms with Gasteiger partial charge in [0.15, 0.2) is 5.96 Å². The van der Waals surface area contributed by atoms with Crippen LogP contribution in [-0.4, -0.2) is 37.0 Å². The van der Waals surface area contributed by atoms with Crippen LogP contribution in [0.25, 0.3) is 0 Å². The van der Waals surface area contributed by atoms with Crippen LogP contribution in [0.1, 0.15) is 39.5 Å². The van der Waals surface area contributed by atoms with E-state index in [0.717, 1.165) is 17.8 Å². The Hall–Kier alpha value is 0. The molecule has 1 atom stereocenters. The highest BCUT2D eigenvalue weighted by Gasteiger charge is 2.29. The number of likely N-dealkylation sites (tertiary alicyclic amines) is 1. The first-order chi connectivity index (χ1) is 7.69. The number of nitrogens with zero attached hydrogens (tertiary/aromatic N) is 2. The molecule has 1 N–H and O–H groups in total. The van der Waals surface area contributed by atoms with Gasteiger partial charge in [0.25, 0.3) is 0 Å². The summed E-state index contributed by atoms with van der Waals surface area (Å²) in [6.07, 6.45) is 5.34. The quantitative estimate of drug-likeness (QED) is 0.481. The summed E-state index contributed by atoms with van der Waals surface area (Å²) >= 11 is 0. The smallest absolute Gasteiger partial charge is 0.193 e. The molecule has 0 amide bonds. The minimum Gasteiger partial charge on any atom is -0.354 e. The lowest BCUT2D eigenvalue weighted by molar-refractivity contribution is 0.403. The minimum atomic E-state index is 0. The Kier molecular flexibility index (Phi) is 6.03. The number of guanidine groups is 1. The van der Waals surface area contributed by atoms with Crippen molar-refractivity contribution in [3.05, 3.63) is 0 Å². The minimum absolute atomic E-state index is 0. The summed E-state index contributed by atoms with van der Waals surface area (Å²) in [5.41, 5.74) is 0. The van der Waals surface area contributed by atoms with E-state index in [1.807, 2.05) is 7.05 Å². The summed E-state index contributed by atoms with van der Waals surface area (Å²) < 4.78 is 0. The highest BCUT2D eigenvalue weighted by molar-refractivity contribution is 14.0. The second-order valence-electron chi connectivity index (χ2n) is 5.70. The van der Waals surface area contributed by atoms with Crippen LogP contribution in [0, 0.1) is 11.8 Å². The van der Waals surface area contributed by atoms with E-state index >= 15 is 0 Å². The Bertz CT molecular complexity index is 261. The van der Waals surface area contributed by atoms with E-state index in [4.69, 9.17) is 0 Å². The van der Waals surface area contributed by atoms with Gasteiger partial charge < -0.3 is 10.2 Å². The molecule has 4 heteroatoms. The molecule has 0 radical (unpaired) electrons. The highest BCUT2D eigenvalue weighted by atomic mass is 127. The predicted molar refractivity (Wildman–Crippen MR) is 84.1 cm³/mol. The Balaban J connectivity index is 0.00000144. The van der Waals surface area contributed by atoms with Crippen LogP contribution in [0.15, 0.2) is 4.99 Å². The molecule has 3 nitrogen and oxygen atoms in total. The van der Waals surface area contributed by atoms with E-state index in [1.54, 1.807) is 0 Å². The zero-order valence-corrected chi connectivity index (χ0v) is 13.6. The summed E-state index contributed by atoms with van der Waals surface area (Å²) in [4.78, 5) is 6.83. The molecule has 17 heavy (non-hydrogen) atoms. The Morgan fingerprint density at radius 1 is 1.35 bits per heavy atom. The number of rotatable bonds is 3. The van der Waals surface area contributed by atoms with Gasteiger partial charge in [0, 0.05) is 26.2 Å². The number of halogens is 1. The van der Waals surface area contributed by atoms with Crippen LogP contribution in [0.5, 0.6) is 0 Å². The monoisotopic (exact) mass is 351 g/mol.